The molecule has 20 heavy (non-hydrogen) atoms. The van der Waals surface area contributed by atoms with Crippen molar-refractivity contribution in [2.75, 3.05) is 12.5 Å². The fourth-order valence-corrected chi connectivity index (χ4v) is 2.07. The van der Waals surface area contributed by atoms with Gasteiger partial charge in [0.2, 0.25) is 0 Å². The quantitative estimate of drug-likeness (QED) is 0.563. The molecule has 2 aromatic carbocycles. The number of nitrogens with two attached hydrogens (primary N) is 1. The zero-order chi connectivity index (χ0) is 13.9. The first kappa shape index (κ1) is 12.4. The van der Waals surface area contributed by atoms with Crippen molar-refractivity contribution in [1.82, 2.24) is 9.97 Å². The second-order valence-corrected chi connectivity index (χ2v) is 4.34. The molecule has 5 nitrogen and oxygen atoms in total. The van der Waals surface area contributed by atoms with Gasteiger partial charge in [-0.25, -0.2) is 15.8 Å². The molecule has 3 N–H and O–H groups in total. The third-order valence-electron chi connectivity index (χ3n) is 3.11. The SMILES string of the molecule is COc1ccc2cc(-c3nccc(NN)n3)ccc2c1. The number of fused-ring (bicyclic) bond motifs is 1. The normalized spacial score (nSPS) is 10.5. The summed E-state index contributed by atoms with van der Waals surface area (Å²) in [5, 5.41) is 2.22. The number of nitrogens with zero attached hydrogens (tertiary/aromatic N) is 2. The Kier molecular flexibility index (Phi) is 3.18. The van der Waals surface area contributed by atoms with Crippen LogP contribution in [0, 0.1) is 0 Å². The minimum absolute atomic E-state index is 0.588. The summed E-state index contributed by atoms with van der Waals surface area (Å²) < 4.78 is 5.22. The average molecular weight is 266 g/mol. The van der Waals surface area contributed by atoms with Crippen LogP contribution in [0.2, 0.25) is 0 Å². The standard InChI is InChI=1S/C15H14N4O/c1-20-13-5-4-10-8-12(3-2-11(10)9-13)15-17-7-6-14(18-15)19-16/h2-9H,16H2,1H3,(H,17,18,19). The molecule has 3 rings (SSSR count). The van der Waals surface area contributed by atoms with E-state index in [1.54, 1.807) is 19.4 Å². The van der Waals surface area contributed by atoms with Crippen LogP contribution in [-0.4, -0.2) is 17.1 Å². The van der Waals surface area contributed by atoms with Crippen molar-refractivity contribution in [2.24, 2.45) is 5.84 Å². The van der Waals surface area contributed by atoms with Crippen LogP contribution in [0.1, 0.15) is 0 Å². The van der Waals surface area contributed by atoms with Crippen LogP contribution >= 0.6 is 0 Å². The molecule has 0 aliphatic heterocycles. The number of anilines is 1. The topological polar surface area (TPSA) is 73.1 Å². The highest BCUT2D eigenvalue weighted by molar-refractivity contribution is 5.87. The maximum absolute atomic E-state index is 5.37. The van der Waals surface area contributed by atoms with Gasteiger partial charge in [0.25, 0.3) is 0 Å². The molecule has 100 valence electrons. The van der Waals surface area contributed by atoms with Gasteiger partial charge in [0.15, 0.2) is 5.82 Å². The van der Waals surface area contributed by atoms with Crippen molar-refractivity contribution in [1.29, 1.82) is 0 Å². The summed E-state index contributed by atoms with van der Waals surface area (Å²) in [7, 11) is 1.66. The zero-order valence-electron chi connectivity index (χ0n) is 11.0. The number of methoxy groups -OCH3 is 1. The van der Waals surface area contributed by atoms with Crippen LogP contribution in [-0.2, 0) is 0 Å². The molecule has 0 spiro atoms. The Morgan fingerprint density at radius 3 is 2.65 bits per heavy atom. The van der Waals surface area contributed by atoms with Crippen LogP contribution in [0.4, 0.5) is 5.82 Å². The van der Waals surface area contributed by atoms with E-state index in [4.69, 9.17) is 10.6 Å². The number of hydrogen-bond donors (Lipinski definition) is 2. The average Bonchev–Trinajstić information content (AvgIpc) is 2.54. The summed E-state index contributed by atoms with van der Waals surface area (Å²) in [6.07, 6.45) is 1.68. The largest absolute Gasteiger partial charge is 0.497 e. The lowest BCUT2D eigenvalue weighted by atomic mass is 10.1. The van der Waals surface area contributed by atoms with Gasteiger partial charge in [-0.2, -0.15) is 0 Å². The summed E-state index contributed by atoms with van der Waals surface area (Å²) in [6.45, 7) is 0. The molecular formula is C15H14N4O. The van der Waals surface area contributed by atoms with E-state index in [1.165, 1.54) is 0 Å². The third-order valence-corrected chi connectivity index (χ3v) is 3.11. The van der Waals surface area contributed by atoms with Crippen LogP contribution in [0.5, 0.6) is 5.75 Å². The highest BCUT2D eigenvalue weighted by atomic mass is 16.5. The molecule has 0 aliphatic carbocycles. The van der Waals surface area contributed by atoms with E-state index in [0.717, 1.165) is 22.1 Å². The molecule has 3 aromatic rings. The lowest BCUT2D eigenvalue weighted by Crippen LogP contribution is -2.09. The van der Waals surface area contributed by atoms with Crippen molar-refractivity contribution >= 4 is 16.6 Å². The number of aromatic nitrogens is 2. The molecule has 1 heterocycles. The highest BCUT2D eigenvalue weighted by Gasteiger charge is 2.04. The molecule has 0 saturated carbocycles. The van der Waals surface area contributed by atoms with Crippen molar-refractivity contribution in [3.05, 3.63) is 48.7 Å². The van der Waals surface area contributed by atoms with Gasteiger partial charge in [-0.15, -0.1) is 0 Å². The molecule has 0 unspecified atom stereocenters. The van der Waals surface area contributed by atoms with Crippen LogP contribution in [0.25, 0.3) is 22.2 Å². The Morgan fingerprint density at radius 2 is 1.85 bits per heavy atom. The Morgan fingerprint density at radius 1 is 1.05 bits per heavy atom. The molecule has 0 saturated heterocycles. The molecule has 5 heteroatoms. The summed E-state index contributed by atoms with van der Waals surface area (Å²) in [5.41, 5.74) is 3.47. The maximum atomic E-state index is 5.37. The van der Waals surface area contributed by atoms with Gasteiger partial charge in [0.05, 0.1) is 7.11 Å². The minimum Gasteiger partial charge on any atom is -0.497 e. The van der Waals surface area contributed by atoms with E-state index < -0.39 is 0 Å². The number of rotatable bonds is 3. The molecule has 0 aliphatic rings. The van der Waals surface area contributed by atoms with E-state index in [0.29, 0.717) is 11.6 Å². The Hall–Kier alpha value is -2.66. The van der Waals surface area contributed by atoms with Crippen molar-refractivity contribution in [2.45, 2.75) is 0 Å². The van der Waals surface area contributed by atoms with E-state index in [-0.39, 0.29) is 0 Å². The van der Waals surface area contributed by atoms with E-state index in [9.17, 15) is 0 Å². The Labute approximate surface area is 116 Å². The number of nitrogens with one attached hydrogen (secondary N) is 1. The number of nitrogen functional groups attached to an aromatic ring is 1. The smallest absolute Gasteiger partial charge is 0.161 e. The number of benzene rings is 2. The first-order valence-corrected chi connectivity index (χ1v) is 6.18. The third kappa shape index (κ3) is 2.26. The molecule has 0 bridgehead atoms. The Bertz CT molecular complexity index is 758. The Balaban J connectivity index is 2.08. The van der Waals surface area contributed by atoms with Crippen molar-refractivity contribution in [3.8, 4) is 17.1 Å². The first-order valence-electron chi connectivity index (χ1n) is 6.18. The monoisotopic (exact) mass is 266 g/mol. The van der Waals surface area contributed by atoms with Gasteiger partial charge in [0, 0.05) is 17.8 Å². The van der Waals surface area contributed by atoms with Gasteiger partial charge in [0.1, 0.15) is 11.6 Å². The van der Waals surface area contributed by atoms with Crippen LogP contribution < -0.4 is 16.0 Å². The summed E-state index contributed by atoms with van der Waals surface area (Å²) in [5.74, 6) is 7.43. The summed E-state index contributed by atoms with van der Waals surface area (Å²) >= 11 is 0. The van der Waals surface area contributed by atoms with E-state index in [2.05, 4.69) is 15.4 Å². The van der Waals surface area contributed by atoms with E-state index in [1.807, 2.05) is 36.4 Å². The fourth-order valence-electron chi connectivity index (χ4n) is 2.07. The second kappa shape index (κ2) is 5.14. The van der Waals surface area contributed by atoms with Crippen molar-refractivity contribution in [3.63, 3.8) is 0 Å². The van der Waals surface area contributed by atoms with Crippen LogP contribution in [0.3, 0.4) is 0 Å². The van der Waals surface area contributed by atoms with Gasteiger partial charge in [-0.1, -0.05) is 18.2 Å². The van der Waals surface area contributed by atoms with E-state index >= 15 is 0 Å². The molecule has 0 atom stereocenters. The molecule has 0 fully saturated rings. The van der Waals surface area contributed by atoms with Crippen LogP contribution in [0.15, 0.2) is 48.7 Å². The van der Waals surface area contributed by atoms with Crippen molar-refractivity contribution < 1.29 is 4.74 Å². The fraction of sp³-hybridized carbons (Fsp3) is 0.0667. The lowest BCUT2D eigenvalue weighted by molar-refractivity contribution is 0.415. The minimum atomic E-state index is 0.588. The van der Waals surface area contributed by atoms with Gasteiger partial charge in [-0.05, 0) is 29.0 Å². The number of hydrogen-bond acceptors (Lipinski definition) is 5. The van der Waals surface area contributed by atoms with Gasteiger partial charge in [-0.3, -0.25) is 0 Å². The summed E-state index contributed by atoms with van der Waals surface area (Å²) in [6, 6.07) is 13.7. The zero-order valence-corrected chi connectivity index (χ0v) is 11.0. The molecule has 1 aromatic heterocycles. The molecule has 0 radical (unpaired) electrons. The molecule has 0 amide bonds. The first-order chi connectivity index (χ1) is 9.80. The lowest BCUT2D eigenvalue weighted by Gasteiger charge is -2.06. The highest BCUT2D eigenvalue weighted by Crippen LogP contribution is 2.25. The van der Waals surface area contributed by atoms with Gasteiger partial charge >= 0.3 is 0 Å². The predicted octanol–water partition coefficient (Wildman–Crippen LogP) is 2.59. The predicted molar refractivity (Wildman–Crippen MR) is 79.3 cm³/mol. The number of ether oxygens (including phenoxy) is 1. The maximum Gasteiger partial charge on any atom is 0.161 e. The second-order valence-electron chi connectivity index (χ2n) is 4.34. The number of hydrazine groups is 1. The van der Waals surface area contributed by atoms with Gasteiger partial charge < -0.3 is 10.2 Å². The molecular weight excluding hydrogens is 252 g/mol. The summed E-state index contributed by atoms with van der Waals surface area (Å²) in [4.78, 5) is 8.60.